The molecule has 4 nitrogen and oxygen atoms in total. The fourth-order valence-electron chi connectivity index (χ4n) is 1.81. The van der Waals surface area contributed by atoms with Crippen molar-refractivity contribution in [2.24, 2.45) is 0 Å². The summed E-state index contributed by atoms with van der Waals surface area (Å²) in [6.45, 7) is 7.02. The first-order valence-corrected chi connectivity index (χ1v) is 6.67. The summed E-state index contributed by atoms with van der Waals surface area (Å²) < 4.78 is 23.6. The van der Waals surface area contributed by atoms with Gasteiger partial charge in [0.05, 0.1) is 25.8 Å². The molecule has 0 atom stereocenters. The summed E-state index contributed by atoms with van der Waals surface area (Å²) in [6, 6.07) is 6.21. The van der Waals surface area contributed by atoms with Gasteiger partial charge in [-0.1, -0.05) is 12.1 Å². The van der Waals surface area contributed by atoms with Gasteiger partial charge in [0.25, 0.3) is 0 Å². The zero-order valence-corrected chi connectivity index (χ0v) is 12.1. The average molecular weight is 281 g/mol. The van der Waals surface area contributed by atoms with Crippen molar-refractivity contribution in [2.75, 3.05) is 13.1 Å². The lowest BCUT2D eigenvalue weighted by molar-refractivity contribution is -0.0691. The molecule has 1 aromatic rings. The van der Waals surface area contributed by atoms with Crippen LogP contribution in [0.2, 0.25) is 0 Å². The van der Waals surface area contributed by atoms with E-state index in [2.05, 4.69) is 0 Å². The highest BCUT2D eigenvalue weighted by Crippen LogP contribution is 2.18. The summed E-state index contributed by atoms with van der Waals surface area (Å²) in [6.07, 6.45) is -0.285. The van der Waals surface area contributed by atoms with Crippen molar-refractivity contribution < 1.29 is 18.7 Å². The van der Waals surface area contributed by atoms with Crippen molar-refractivity contribution in [3.8, 4) is 0 Å². The van der Waals surface area contributed by atoms with E-state index in [1.807, 2.05) is 20.8 Å². The van der Waals surface area contributed by atoms with Crippen LogP contribution in [0.25, 0.3) is 0 Å². The van der Waals surface area contributed by atoms with Gasteiger partial charge < -0.3 is 14.4 Å². The topological polar surface area (TPSA) is 38.8 Å². The highest BCUT2D eigenvalue weighted by molar-refractivity contribution is 5.69. The Hall–Kier alpha value is -1.62. The Morgan fingerprint density at radius 3 is 2.45 bits per heavy atom. The summed E-state index contributed by atoms with van der Waals surface area (Å²) in [5.74, 6) is -0.256. The number of halogens is 1. The molecule has 0 bridgehead atoms. The molecule has 1 aliphatic rings. The van der Waals surface area contributed by atoms with Crippen LogP contribution in [0.5, 0.6) is 0 Å². The Balaban J connectivity index is 1.69. The van der Waals surface area contributed by atoms with Crippen LogP contribution in [0.3, 0.4) is 0 Å². The van der Waals surface area contributed by atoms with Crippen LogP contribution in [0.4, 0.5) is 9.18 Å². The van der Waals surface area contributed by atoms with Crippen LogP contribution >= 0.6 is 0 Å². The minimum Gasteiger partial charge on any atom is -0.444 e. The number of hydrogen-bond donors (Lipinski definition) is 0. The fourth-order valence-corrected chi connectivity index (χ4v) is 1.81. The van der Waals surface area contributed by atoms with Crippen molar-refractivity contribution in [1.82, 2.24) is 4.90 Å². The monoisotopic (exact) mass is 281 g/mol. The normalized spacial score (nSPS) is 15.9. The van der Waals surface area contributed by atoms with Gasteiger partial charge in [0, 0.05) is 0 Å². The van der Waals surface area contributed by atoms with Gasteiger partial charge in [0.2, 0.25) is 0 Å². The molecule has 0 saturated carbocycles. The molecule has 2 rings (SSSR count). The molecule has 0 aromatic heterocycles. The summed E-state index contributed by atoms with van der Waals surface area (Å²) >= 11 is 0. The number of benzene rings is 1. The van der Waals surface area contributed by atoms with Gasteiger partial charge in [-0.2, -0.15) is 0 Å². The molecule has 20 heavy (non-hydrogen) atoms. The summed E-state index contributed by atoms with van der Waals surface area (Å²) in [5, 5.41) is 0. The molecule has 0 N–H and O–H groups in total. The number of hydrogen-bond acceptors (Lipinski definition) is 3. The summed E-state index contributed by atoms with van der Waals surface area (Å²) in [7, 11) is 0. The van der Waals surface area contributed by atoms with Crippen molar-refractivity contribution >= 4 is 6.09 Å². The quantitative estimate of drug-likeness (QED) is 0.855. The molecule has 1 saturated heterocycles. The van der Waals surface area contributed by atoms with Crippen molar-refractivity contribution in [1.29, 1.82) is 0 Å². The van der Waals surface area contributed by atoms with E-state index in [0.717, 1.165) is 5.56 Å². The minimum absolute atomic E-state index is 0.0209. The van der Waals surface area contributed by atoms with E-state index >= 15 is 0 Å². The number of ether oxygens (including phenoxy) is 2. The first kappa shape index (κ1) is 14.8. The zero-order valence-electron chi connectivity index (χ0n) is 12.1. The predicted octanol–water partition coefficient (Wildman–Crippen LogP) is 2.96. The van der Waals surface area contributed by atoms with Crippen LogP contribution in [0.15, 0.2) is 24.3 Å². The number of carbonyl (C=O) groups is 1. The third kappa shape index (κ3) is 4.20. The van der Waals surface area contributed by atoms with E-state index in [-0.39, 0.29) is 18.0 Å². The van der Waals surface area contributed by atoms with Gasteiger partial charge in [-0.05, 0) is 38.5 Å². The van der Waals surface area contributed by atoms with E-state index in [9.17, 15) is 9.18 Å². The van der Waals surface area contributed by atoms with Crippen molar-refractivity contribution in [3.63, 3.8) is 0 Å². The largest absolute Gasteiger partial charge is 0.444 e. The van der Waals surface area contributed by atoms with Crippen molar-refractivity contribution in [2.45, 2.75) is 39.1 Å². The SMILES string of the molecule is CC(C)(C)OC(=O)N1CC(OCc2ccc(F)cc2)C1. The van der Waals surface area contributed by atoms with Crippen LogP contribution in [0.1, 0.15) is 26.3 Å². The molecule has 1 fully saturated rings. The van der Waals surface area contributed by atoms with Crippen molar-refractivity contribution in [3.05, 3.63) is 35.6 Å². The maximum absolute atomic E-state index is 12.7. The summed E-state index contributed by atoms with van der Waals surface area (Å²) in [4.78, 5) is 13.3. The number of amides is 1. The average Bonchev–Trinajstić information content (AvgIpc) is 2.27. The number of carbonyl (C=O) groups excluding carboxylic acids is 1. The Kier molecular flexibility index (Phi) is 4.28. The second-order valence-electron chi connectivity index (χ2n) is 5.94. The highest BCUT2D eigenvalue weighted by atomic mass is 19.1. The van der Waals surface area contributed by atoms with Gasteiger partial charge in [0.1, 0.15) is 11.4 Å². The first-order valence-electron chi connectivity index (χ1n) is 6.67. The van der Waals surface area contributed by atoms with Crippen LogP contribution < -0.4 is 0 Å². The Bertz CT molecular complexity index is 461. The minimum atomic E-state index is -0.475. The molecule has 0 unspecified atom stereocenters. The Morgan fingerprint density at radius 1 is 1.30 bits per heavy atom. The zero-order chi connectivity index (χ0) is 14.8. The van der Waals surface area contributed by atoms with Crippen LogP contribution in [-0.2, 0) is 16.1 Å². The third-order valence-electron chi connectivity index (χ3n) is 2.90. The fraction of sp³-hybridized carbons (Fsp3) is 0.533. The summed E-state index contributed by atoms with van der Waals surface area (Å²) in [5.41, 5.74) is 0.444. The molecule has 1 heterocycles. The lowest BCUT2D eigenvalue weighted by atomic mass is 10.1. The molecule has 1 aliphatic heterocycles. The van der Waals surface area contributed by atoms with Gasteiger partial charge in [-0.3, -0.25) is 0 Å². The molecule has 1 amide bonds. The number of rotatable bonds is 3. The van der Waals surface area contributed by atoms with Gasteiger partial charge >= 0.3 is 6.09 Å². The molecule has 0 radical (unpaired) electrons. The second-order valence-corrected chi connectivity index (χ2v) is 5.94. The molecule has 5 heteroatoms. The second kappa shape index (κ2) is 5.79. The van der Waals surface area contributed by atoms with E-state index in [4.69, 9.17) is 9.47 Å². The molecule has 110 valence electrons. The maximum Gasteiger partial charge on any atom is 0.410 e. The maximum atomic E-state index is 12.7. The van der Waals surface area contributed by atoms with E-state index in [0.29, 0.717) is 19.7 Å². The number of likely N-dealkylation sites (tertiary alicyclic amines) is 1. The molecule has 1 aromatic carbocycles. The van der Waals surface area contributed by atoms with E-state index in [1.54, 1.807) is 17.0 Å². The highest BCUT2D eigenvalue weighted by Gasteiger charge is 2.34. The Morgan fingerprint density at radius 2 is 1.90 bits per heavy atom. The molecule has 0 spiro atoms. The Labute approximate surface area is 118 Å². The smallest absolute Gasteiger partial charge is 0.410 e. The van der Waals surface area contributed by atoms with E-state index in [1.165, 1.54) is 12.1 Å². The third-order valence-corrected chi connectivity index (χ3v) is 2.90. The lowest BCUT2D eigenvalue weighted by Crippen LogP contribution is -2.55. The standard InChI is InChI=1S/C15H20FNO3/c1-15(2,3)20-14(18)17-8-13(9-17)19-10-11-4-6-12(16)7-5-11/h4-7,13H,8-10H2,1-3H3. The molecular weight excluding hydrogens is 261 g/mol. The van der Waals surface area contributed by atoms with Gasteiger partial charge in [0.15, 0.2) is 0 Å². The van der Waals surface area contributed by atoms with Crippen LogP contribution in [0, 0.1) is 5.82 Å². The van der Waals surface area contributed by atoms with Crippen LogP contribution in [-0.4, -0.2) is 35.8 Å². The lowest BCUT2D eigenvalue weighted by Gasteiger charge is -2.39. The molecule has 0 aliphatic carbocycles. The first-order chi connectivity index (χ1) is 9.33. The van der Waals surface area contributed by atoms with E-state index < -0.39 is 5.60 Å². The molecular formula is C15H20FNO3. The van der Waals surface area contributed by atoms with Gasteiger partial charge in [-0.25, -0.2) is 9.18 Å². The predicted molar refractivity (Wildman–Crippen MR) is 72.8 cm³/mol. The van der Waals surface area contributed by atoms with Gasteiger partial charge in [-0.15, -0.1) is 0 Å². The number of nitrogens with zero attached hydrogens (tertiary/aromatic N) is 1.